The van der Waals surface area contributed by atoms with Gasteiger partial charge in [0, 0.05) is 48.8 Å². The predicted molar refractivity (Wildman–Crippen MR) is 171 cm³/mol. The maximum atomic E-state index is 3.97. The van der Waals surface area contributed by atoms with E-state index in [-0.39, 0.29) is 0 Å². The third kappa shape index (κ3) is 6.57. The van der Waals surface area contributed by atoms with Gasteiger partial charge in [0.1, 0.15) is 0 Å². The molecule has 0 spiro atoms. The largest absolute Gasteiger partial charge is 0.296 e. The van der Waals surface area contributed by atoms with Gasteiger partial charge in [-0.15, -0.1) is 0 Å². The van der Waals surface area contributed by atoms with Crippen LogP contribution in [0.25, 0.3) is 6.08 Å². The molecule has 0 bridgehead atoms. The van der Waals surface area contributed by atoms with Crippen LogP contribution in [0, 0.1) is 0 Å². The molecule has 5 aliphatic carbocycles. The van der Waals surface area contributed by atoms with Crippen LogP contribution in [0.2, 0.25) is 0 Å². The maximum absolute atomic E-state index is 3.97. The molecule has 5 fully saturated rings. The lowest BCUT2D eigenvalue weighted by atomic mass is 9.87. The smallest absolute Gasteiger partial charge is 0.0444 e. The summed E-state index contributed by atoms with van der Waals surface area (Å²) in [5.41, 5.74) is 2.69. The lowest BCUT2D eigenvalue weighted by Gasteiger charge is -2.45. The third-order valence-electron chi connectivity index (χ3n) is 11.7. The second-order valence-electron chi connectivity index (χ2n) is 14.4. The molecule has 222 valence electrons. The lowest BCUT2D eigenvalue weighted by Crippen LogP contribution is -2.52. The molecular weight excluding hydrogens is 486 g/mol. The van der Waals surface area contributed by atoms with Crippen LogP contribution in [0.5, 0.6) is 0 Å². The van der Waals surface area contributed by atoms with Crippen molar-refractivity contribution in [2.75, 3.05) is 7.05 Å². The minimum atomic E-state index is 0.673. The van der Waals surface area contributed by atoms with Crippen LogP contribution in [-0.4, -0.2) is 64.0 Å². The van der Waals surface area contributed by atoms with E-state index in [1.165, 1.54) is 140 Å². The van der Waals surface area contributed by atoms with Crippen molar-refractivity contribution in [1.82, 2.24) is 14.7 Å². The lowest BCUT2D eigenvalue weighted by molar-refractivity contribution is 0.0299. The topological polar surface area (TPSA) is 9.72 Å². The molecule has 0 heterocycles. The van der Waals surface area contributed by atoms with Gasteiger partial charge in [-0.05, 0) is 69.5 Å². The number of hydrogen-bond donors (Lipinski definition) is 0. The first-order valence-electron chi connectivity index (χ1n) is 17.7. The highest BCUT2D eigenvalue weighted by Gasteiger charge is 2.62. The SMILES string of the molecule is C=Cc1ccc(CN(C)C2C(N(C3CCCCC3)C3CCCCC3)C2N(C2CCCCC2)C2CCCCC2)cc1. The molecule has 0 saturated heterocycles. The Hall–Kier alpha value is -1.16. The molecule has 5 saturated carbocycles. The Kier molecular flexibility index (Phi) is 10.0. The van der Waals surface area contributed by atoms with Gasteiger partial charge in [0.05, 0.1) is 0 Å². The molecule has 3 heteroatoms. The van der Waals surface area contributed by atoms with Gasteiger partial charge in [0.2, 0.25) is 0 Å². The van der Waals surface area contributed by atoms with Crippen molar-refractivity contribution in [1.29, 1.82) is 0 Å². The summed E-state index contributed by atoms with van der Waals surface area (Å²) in [5, 5.41) is 0. The van der Waals surface area contributed by atoms with E-state index in [0.717, 1.165) is 42.8 Å². The summed E-state index contributed by atoms with van der Waals surface area (Å²) < 4.78 is 0. The van der Waals surface area contributed by atoms with Gasteiger partial charge in [-0.25, -0.2) is 0 Å². The average molecular weight is 546 g/mol. The Morgan fingerprint density at radius 1 is 0.550 bits per heavy atom. The van der Waals surface area contributed by atoms with Crippen molar-refractivity contribution in [3.63, 3.8) is 0 Å². The van der Waals surface area contributed by atoms with Gasteiger partial charge < -0.3 is 0 Å². The minimum absolute atomic E-state index is 0.673. The molecule has 1 aromatic rings. The summed E-state index contributed by atoms with van der Waals surface area (Å²) in [7, 11) is 2.47. The van der Waals surface area contributed by atoms with E-state index in [2.05, 4.69) is 52.6 Å². The predicted octanol–water partition coefficient (Wildman–Crippen LogP) is 8.82. The molecule has 6 rings (SSSR count). The van der Waals surface area contributed by atoms with E-state index in [1.807, 2.05) is 6.08 Å². The zero-order valence-corrected chi connectivity index (χ0v) is 25.8. The van der Waals surface area contributed by atoms with E-state index in [9.17, 15) is 0 Å². The zero-order valence-electron chi connectivity index (χ0n) is 25.8. The van der Waals surface area contributed by atoms with Crippen LogP contribution < -0.4 is 0 Å². The van der Waals surface area contributed by atoms with E-state index < -0.39 is 0 Å². The molecule has 0 aromatic heterocycles. The highest BCUT2D eigenvalue weighted by atomic mass is 15.4. The molecule has 0 amide bonds. The first-order chi connectivity index (χ1) is 19.7. The summed E-state index contributed by atoms with van der Waals surface area (Å²) in [6.45, 7) is 5.05. The molecule has 0 aliphatic heterocycles. The zero-order chi connectivity index (χ0) is 27.3. The van der Waals surface area contributed by atoms with Gasteiger partial charge in [-0.1, -0.05) is 114 Å². The molecule has 0 radical (unpaired) electrons. The maximum Gasteiger partial charge on any atom is 0.0444 e. The molecule has 0 N–H and O–H groups in total. The molecule has 5 aliphatic rings. The number of rotatable bonds is 10. The van der Waals surface area contributed by atoms with Crippen molar-refractivity contribution in [2.45, 2.75) is 177 Å². The highest BCUT2D eigenvalue weighted by molar-refractivity contribution is 5.47. The molecule has 2 unspecified atom stereocenters. The fraction of sp³-hybridized carbons (Fsp3) is 0.784. The van der Waals surface area contributed by atoms with Crippen LogP contribution in [0.1, 0.15) is 140 Å². The monoisotopic (exact) mass is 545 g/mol. The van der Waals surface area contributed by atoms with Crippen LogP contribution in [-0.2, 0) is 6.54 Å². The second kappa shape index (κ2) is 13.9. The van der Waals surface area contributed by atoms with Gasteiger partial charge >= 0.3 is 0 Å². The summed E-state index contributed by atoms with van der Waals surface area (Å²) in [5.74, 6) is 0. The molecular formula is C37H59N3. The molecule has 1 aromatic carbocycles. The van der Waals surface area contributed by atoms with Crippen LogP contribution >= 0.6 is 0 Å². The van der Waals surface area contributed by atoms with Gasteiger partial charge in [0.15, 0.2) is 0 Å². The molecule has 2 atom stereocenters. The Morgan fingerprint density at radius 2 is 0.900 bits per heavy atom. The second-order valence-corrected chi connectivity index (χ2v) is 14.4. The minimum Gasteiger partial charge on any atom is -0.296 e. The summed E-state index contributed by atoms with van der Waals surface area (Å²) >= 11 is 0. The number of benzene rings is 1. The highest BCUT2D eigenvalue weighted by Crippen LogP contribution is 2.48. The van der Waals surface area contributed by atoms with Crippen molar-refractivity contribution < 1.29 is 0 Å². The standard InChI is InChI=1S/C37H59N3/c1-3-29-24-26-30(27-25-29)28-38(2)35-36(39(31-16-8-4-9-17-31)32-18-10-5-11-19-32)37(35)40(33-20-12-6-13-21-33)34-22-14-7-15-23-34/h3,24-27,31-37H,1,4-23,28H2,2H3. The first-order valence-corrected chi connectivity index (χ1v) is 17.7. The van der Waals surface area contributed by atoms with Gasteiger partial charge in [-0.2, -0.15) is 0 Å². The van der Waals surface area contributed by atoms with Crippen molar-refractivity contribution in [3.05, 3.63) is 42.0 Å². The quantitative estimate of drug-likeness (QED) is 0.291. The third-order valence-corrected chi connectivity index (χ3v) is 11.7. The van der Waals surface area contributed by atoms with Crippen LogP contribution in [0.15, 0.2) is 30.8 Å². The summed E-state index contributed by atoms with van der Waals surface area (Å²) in [6, 6.07) is 14.6. The molecule has 40 heavy (non-hydrogen) atoms. The van der Waals surface area contributed by atoms with Crippen LogP contribution in [0.3, 0.4) is 0 Å². The van der Waals surface area contributed by atoms with Crippen molar-refractivity contribution in [3.8, 4) is 0 Å². The summed E-state index contributed by atoms with van der Waals surface area (Å²) in [4.78, 5) is 9.25. The Morgan fingerprint density at radius 3 is 1.23 bits per heavy atom. The van der Waals surface area contributed by atoms with Crippen LogP contribution in [0.4, 0.5) is 0 Å². The molecule has 3 nitrogen and oxygen atoms in total. The Bertz CT molecular complexity index is 820. The van der Waals surface area contributed by atoms with Gasteiger partial charge in [-0.3, -0.25) is 14.7 Å². The van der Waals surface area contributed by atoms with Crippen molar-refractivity contribution >= 4 is 6.08 Å². The van der Waals surface area contributed by atoms with Gasteiger partial charge in [0.25, 0.3) is 0 Å². The number of hydrogen-bond acceptors (Lipinski definition) is 3. The normalized spacial score (nSPS) is 29.9. The van der Waals surface area contributed by atoms with E-state index in [1.54, 1.807) is 0 Å². The fourth-order valence-electron chi connectivity index (χ4n) is 9.73. The summed E-state index contributed by atoms with van der Waals surface area (Å²) in [6.07, 6.45) is 31.1. The van der Waals surface area contributed by atoms with E-state index in [0.29, 0.717) is 6.04 Å². The van der Waals surface area contributed by atoms with Crippen molar-refractivity contribution in [2.24, 2.45) is 0 Å². The average Bonchev–Trinajstić information content (AvgIpc) is 3.74. The first kappa shape index (κ1) is 28.9. The Balaban J connectivity index is 1.32. The Labute approximate surface area is 246 Å². The number of likely N-dealkylation sites (N-methyl/N-ethyl adjacent to an activating group) is 1. The number of nitrogens with zero attached hydrogens (tertiary/aromatic N) is 3. The van der Waals surface area contributed by atoms with E-state index >= 15 is 0 Å². The fourth-order valence-corrected chi connectivity index (χ4v) is 9.73. The van der Waals surface area contributed by atoms with E-state index in [4.69, 9.17) is 0 Å².